The molecule has 1 saturated carbocycles. The van der Waals surface area contributed by atoms with Gasteiger partial charge in [-0.1, -0.05) is 24.6 Å². The molecule has 1 aromatic carbocycles. The molecule has 0 spiro atoms. The first-order chi connectivity index (χ1) is 8.52. The summed E-state index contributed by atoms with van der Waals surface area (Å²) in [4.78, 5) is 11.9. The number of halogens is 1. The number of ether oxygens (including phenoxy) is 1. The van der Waals surface area contributed by atoms with E-state index < -0.39 is 0 Å². The number of nitriles is 1. The van der Waals surface area contributed by atoms with Gasteiger partial charge in [-0.05, 0) is 37.0 Å². The number of carbonyl (C=O) groups excluding carboxylic acids is 1. The van der Waals surface area contributed by atoms with Gasteiger partial charge in [0.1, 0.15) is 12.2 Å². The number of nitrogens with zero attached hydrogens (tertiary/aromatic N) is 1. The van der Waals surface area contributed by atoms with E-state index in [1.807, 2.05) is 6.07 Å². The Morgan fingerprint density at radius 1 is 1.61 bits per heavy atom. The summed E-state index contributed by atoms with van der Waals surface area (Å²) in [6.07, 6.45) is 1.03. The monoisotopic (exact) mass is 263 g/mol. The van der Waals surface area contributed by atoms with Crippen LogP contribution in [0.5, 0.6) is 0 Å². The fraction of sp³-hybridized carbons (Fsp3) is 0.429. The van der Waals surface area contributed by atoms with Crippen molar-refractivity contribution >= 4 is 17.6 Å². The van der Waals surface area contributed by atoms with Crippen LogP contribution in [-0.2, 0) is 9.53 Å². The van der Waals surface area contributed by atoms with Crippen LogP contribution in [0, 0.1) is 17.2 Å². The number of rotatable bonds is 3. The van der Waals surface area contributed by atoms with Gasteiger partial charge in [0.05, 0.1) is 16.5 Å². The molecule has 2 unspecified atom stereocenters. The average Bonchev–Trinajstić information content (AvgIpc) is 3.03. The molecule has 18 heavy (non-hydrogen) atoms. The third kappa shape index (κ3) is 2.65. The van der Waals surface area contributed by atoms with E-state index in [0.717, 1.165) is 12.0 Å². The van der Waals surface area contributed by atoms with Crippen LogP contribution < -0.4 is 0 Å². The van der Waals surface area contributed by atoms with Crippen molar-refractivity contribution in [3.8, 4) is 6.07 Å². The fourth-order valence-electron chi connectivity index (χ4n) is 1.73. The minimum absolute atomic E-state index is 0.0776. The largest absolute Gasteiger partial charge is 0.462 e. The van der Waals surface area contributed by atoms with E-state index in [1.165, 1.54) is 0 Å². The number of benzene rings is 1. The van der Waals surface area contributed by atoms with Crippen LogP contribution in [0.15, 0.2) is 18.2 Å². The maximum atomic E-state index is 11.9. The third-order valence-electron chi connectivity index (χ3n) is 3.27. The molecule has 3 nitrogen and oxygen atoms in total. The second kappa shape index (κ2) is 4.99. The lowest BCUT2D eigenvalue weighted by Gasteiger charge is -2.12. The molecule has 1 aliphatic carbocycles. The van der Waals surface area contributed by atoms with Crippen molar-refractivity contribution < 1.29 is 9.53 Å². The molecule has 0 heterocycles. The number of esters is 1. The van der Waals surface area contributed by atoms with Gasteiger partial charge >= 0.3 is 5.97 Å². The first kappa shape index (κ1) is 12.9. The highest BCUT2D eigenvalue weighted by molar-refractivity contribution is 6.31. The van der Waals surface area contributed by atoms with Gasteiger partial charge in [0.25, 0.3) is 0 Å². The highest BCUT2D eigenvalue weighted by atomic mass is 35.5. The number of carbonyl (C=O) groups is 1. The second-order valence-corrected chi connectivity index (χ2v) is 5.17. The van der Waals surface area contributed by atoms with Crippen LogP contribution >= 0.6 is 11.6 Å². The quantitative estimate of drug-likeness (QED) is 0.787. The third-order valence-corrected chi connectivity index (χ3v) is 3.58. The predicted octanol–water partition coefficient (Wildman–Crippen LogP) is 3.27. The van der Waals surface area contributed by atoms with Gasteiger partial charge in [0.15, 0.2) is 0 Å². The van der Waals surface area contributed by atoms with E-state index in [9.17, 15) is 4.79 Å². The summed E-state index contributed by atoms with van der Waals surface area (Å²) in [5, 5.41) is 9.16. The lowest BCUT2D eigenvalue weighted by molar-refractivity contribution is -0.146. The zero-order valence-corrected chi connectivity index (χ0v) is 11.1. The maximum Gasteiger partial charge on any atom is 0.313 e. The summed E-state index contributed by atoms with van der Waals surface area (Å²) in [5.41, 5.74) is 1.19. The summed E-state index contributed by atoms with van der Waals surface area (Å²) >= 11 is 5.94. The number of hydrogen-bond acceptors (Lipinski definition) is 3. The molecule has 0 saturated heterocycles. The molecule has 4 heteroatoms. The molecule has 0 aliphatic heterocycles. The molecule has 0 bridgehead atoms. The Labute approximate surface area is 111 Å². The SMILES string of the molecule is CC(C(=O)O[C@H]1CC1C)c1ccc(C#N)c(Cl)c1. The first-order valence-corrected chi connectivity index (χ1v) is 6.30. The van der Waals surface area contributed by atoms with E-state index in [1.54, 1.807) is 25.1 Å². The van der Waals surface area contributed by atoms with E-state index in [0.29, 0.717) is 16.5 Å². The summed E-state index contributed by atoms with van der Waals surface area (Å²) in [6.45, 7) is 3.84. The molecule has 94 valence electrons. The summed E-state index contributed by atoms with van der Waals surface area (Å²) in [7, 11) is 0. The van der Waals surface area contributed by atoms with Crippen LogP contribution in [0.3, 0.4) is 0 Å². The van der Waals surface area contributed by atoms with Gasteiger partial charge in [0, 0.05) is 0 Å². The van der Waals surface area contributed by atoms with Crippen LogP contribution in [0.1, 0.15) is 37.3 Å². The molecule has 3 atom stereocenters. The number of hydrogen-bond donors (Lipinski definition) is 0. The van der Waals surface area contributed by atoms with Gasteiger partial charge in [-0.3, -0.25) is 4.79 Å². The van der Waals surface area contributed by atoms with Crippen molar-refractivity contribution in [2.45, 2.75) is 32.3 Å². The molecular weight excluding hydrogens is 250 g/mol. The normalized spacial score (nSPS) is 23.0. The topological polar surface area (TPSA) is 50.1 Å². The predicted molar refractivity (Wildman–Crippen MR) is 68.2 cm³/mol. The molecular formula is C14H14ClNO2. The lowest BCUT2D eigenvalue weighted by atomic mass is 10.00. The highest BCUT2D eigenvalue weighted by Gasteiger charge is 2.37. The lowest BCUT2D eigenvalue weighted by Crippen LogP contribution is -2.15. The molecule has 1 aromatic rings. The molecule has 0 radical (unpaired) electrons. The highest BCUT2D eigenvalue weighted by Crippen LogP contribution is 2.34. The zero-order valence-electron chi connectivity index (χ0n) is 10.3. The van der Waals surface area contributed by atoms with Gasteiger partial charge in [-0.15, -0.1) is 0 Å². The first-order valence-electron chi connectivity index (χ1n) is 5.93. The molecule has 0 amide bonds. The Morgan fingerprint density at radius 2 is 2.28 bits per heavy atom. The molecule has 0 aromatic heterocycles. The zero-order chi connectivity index (χ0) is 13.3. The van der Waals surface area contributed by atoms with E-state index in [4.69, 9.17) is 21.6 Å². The minimum atomic E-state index is -0.358. The van der Waals surface area contributed by atoms with Gasteiger partial charge < -0.3 is 4.74 Å². The van der Waals surface area contributed by atoms with Crippen LogP contribution in [-0.4, -0.2) is 12.1 Å². The van der Waals surface area contributed by atoms with Crippen molar-refractivity contribution in [3.63, 3.8) is 0 Å². The average molecular weight is 264 g/mol. The van der Waals surface area contributed by atoms with E-state index >= 15 is 0 Å². The van der Waals surface area contributed by atoms with Gasteiger partial charge in [-0.2, -0.15) is 5.26 Å². The fourth-order valence-corrected chi connectivity index (χ4v) is 1.96. The Balaban J connectivity index is 2.08. The second-order valence-electron chi connectivity index (χ2n) is 4.76. The van der Waals surface area contributed by atoms with Crippen molar-refractivity contribution in [2.75, 3.05) is 0 Å². The summed E-state index contributed by atoms with van der Waals surface area (Å²) in [5.74, 6) is -0.112. The molecule has 1 aliphatic rings. The summed E-state index contributed by atoms with van der Waals surface area (Å²) < 4.78 is 5.34. The standard InChI is InChI=1S/C14H14ClNO2/c1-8-5-13(8)18-14(17)9(2)10-3-4-11(7-16)12(15)6-10/h3-4,6,8-9,13H,5H2,1-2H3/t8?,9?,13-/m0/s1. The Hall–Kier alpha value is -1.53. The Kier molecular flexibility index (Phi) is 3.58. The molecule has 1 fully saturated rings. The van der Waals surface area contributed by atoms with E-state index in [-0.39, 0.29) is 18.0 Å². The maximum absolute atomic E-state index is 11.9. The Bertz CT molecular complexity index is 521. The van der Waals surface area contributed by atoms with Crippen LogP contribution in [0.2, 0.25) is 5.02 Å². The van der Waals surface area contributed by atoms with Crippen molar-refractivity contribution in [2.24, 2.45) is 5.92 Å². The molecule has 2 rings (SSSR count). The van der Waals surface area contributed by atoms with Gasteiger partial charge in [0.2, 0.25) is 0 Å². The Morgan fingerprint density at radius 3 is 2.78 bits per heavy atom. The minimum Gasteiger partial charge on any atom is -0.462 e. The van der Waals surface area contributed by atoms with Crippen LogP contribution in [0.4, 0.5) is 0 Å². The van der Waals surface area contributed by atoms with Gasteiger partial charge in [-0.25, -0.2) is 0 Å². The van der Waals surface area contributed by atoms with Crippen LogP contribution in [0.25, 0.3) is 0 Å². The van der Waals surface area contributed by atoms with Crippen molar-refractivity contribution in [1.82, 2.24) is 0 Å². The summed E-state index contributed by atoms with van der Waals surface area (Å²) in [6, 6.07) is 7.01. The molecule has 0 N–H and O–H groups in total. The van der Waals surface area contributed by atoms with E-state index in [2.05, 4.69) is 6.92 Å². The smallest absolute Gasteiger partial charge is 0.313 e. The van der Waals surface area contributed by atoms with Crippen molar-refractivity contribution in [1.29, 1.82) is 5.26 Å². The van der Waals surface area contributed by atoms with Crippen molar-refractivity contribution in [3.05, 3.63) is 34.3 Å².